The van der Waals surface area contributed by atoms with E-state index in [1.165, 1.54) is 29.0 Å². The first-order valence-electron chi connectivity index (χ1n) is 7.00. The molecule has 3 rings (SSSR count). The Morgan fingerprint density at radius 3 is 2.80 bits per heavy atom. The van der Waals surface area contributed by atoms with E-state index in [4.69, 9.17) is 11.6 Å². The first-order valence-corrected chi connectivity index (χ1v) is 8.26. The lowest BCUT2D eigenvalue weighted by Gasteiger charge is -2.28. The van der Waals surface area contributed by atoms with E-state index in [2.05, 4.69) is 33.8 Å². The molecule has 0 amide bonds. The number of halogens is 1. The van der Waals surface area contributed by atoms with E-state index < -0.39 is 0 Å². The van der Waals surface area contributed by atoms with Gasteiger partial charge in [0.05, 0.1) is 17.3 Å². The Bertz CT molecular complexity index is 564. The number of anilines is 1. The fourth-order valence-electron chi connectivity index (χ4n) is 2.56. The zero-order chi connectivity index (χ0) is 13.9. The Balaban J connectivity index is 1.94. The van der Waals surface area contributed by atoms with Crippen molar-refractivity contribution >= 4 is 28.6 Å². The van der Waals surface area contributed by atoms with Gasteiger partial charge in [-0.2, -0.15) is 0 Å². The highest BCUT2D eigenvalue weighted by molar-refractivity contribution is 7.09. The summed E-state index contributed by atoms with van der Waals surface area (Å²) in [6, 6.07) is 11.2. The van der Waals surface area contributed by atoms with Crippen molar-refractivity contribution in [3.05, 3.63) is 51.2 Å². The molecule has 0 atom stereocenters. The maximum atomic E-state index is 6.51. The average Bonchev–Trinajstić information content (AvgIpc) is 3.15. The smallest absolute Gasteiger partial charge is 0.0643 e. The summed E-state index contributed by atoms with van der Waals surface area (Å²) in [6.45, 7) is 1.81. The number of hydrogen-bond donors (Lipinski definition) is 1. The molecule has 0 unspecified atom stereocenters. The molecule has 1 N–H and O–H groups in total. The van der Waals surface area contributed by atoms with Crippen molar-refractivity contribution in [3.8, 4) is 0 Å². The first kappa shape index (κ1) is 13.9. The number of rotatable bonds is 6. The van der Waals surface area contributed by atoms with Crippen molar-refractivity contribution < 1.29 is 0 Å². The van der Waals surface area contributed by atoms with Gasteiger partial charge < -0.3 is 10.2 Å². The number of thiophene rings is 1. The summed E-state index contributed by atoms with van der Waals surface area (Å²) in [7, 11) is 1.98. The monoisotopic (exact) mass is 306 g/mol. The van der Waals surface area contributed by atoms with E-state index in [0.717, 1.165) is 18.1 Å². The number of benzene rings is 1. The number of para-hydroxylation sites is 1. The van der Waals surface area contributed by atoms with Crippen LogP contribution in [0.5, 0.6) is 0 Å². The Kier molecular flexibility index (Phi) is 4.29. The van der Waals surface area contributed by atoms with Crippen LogP contribution in [0.1, 0.15) is 23.3 Å². The summed E-state index contributed by atoms with van der Waals surface area (Å²) in [5.41, 5.74) is 2.49. The molecule has 1 aliphatic carbocycles. The van der Waals surface area contributed by atoms with Crippen LogP contribution in [0.15, 0.2) is 35.7 Å². The quantitative estimate of drug-likeness (QED) is 0.856. The lowest BCUT2D eigenvalue weighted by atomic mass is 10.1. The van der Waals surface area contributed by atoms with Crippen LogP contribution >= 0.6 is 22.9 Å². The summed E-state index contributed by atoms with van der Waals surface area (Å²) >= 11 is 8.32. The highest BCUT2D eigenvalue weighted by Crippen LogP contribution is 2.39. The van der Waals surface area contributed by atoms with Crippen molar-refractivity contribution in [1.29, 1.82) is 0 Å². The number of nitrogens with zero attached hydrogens (tertiary/aromatic N) is 1. The highest BCUT2D eigenvalue weighted by Gasteiger charge is 2.31. The second kappa shape index (κ2) is 6.17. The van der Waals surface area contributed by atoms with Gasteiger partial charge in [-0.05, 0) is 43.0 Å². The van der Waals surface area contributed by atoms with Gasteiger partial charge in [0.15, 0.2) is 0 Å². The second-order valence-electron chi connectivity index (χ2n) is 5.22. The summed E-state index contributed by atoms with van der Waals surface area (Å²) in [5.74, 6) is 0. The van der Waals surface area contributed by atoms with Crippen LogP contribution in [0.3, 0.4) is 0 Å². The Hall–Kier alpha value is -1.03. The van der Waals surface area contributed by atoms with E-state index in [0.29, 0.717) is 6.04 Å². The van der Waals surface area contributed by atoms with Crippen molar-refractivity contribution in [1.82, 2.24) is 5.32 Å². The van der Waals surface area contributed by atoms with Gasteiger partial charge in [-0.25, -0.2) is 0 Å². The topological polar surface area (TPSA) is 15.3 Å². The minimum Gasteiger partial charge on any atom is -0.362 e. The van der Waals surface area contributed by atoms with Gasteiger partial charge in [0.1, 0.15) is 0 Å². The molecular formula is C16H19ClN2S. The van der Waals surface area contributed by atoms with Crippen LogP contribution < -0.4 is 10.2 Å². The predicted molar refractivity (Wildman–Crippen MR) is 87.7 cm³/mol. The molecule has 4 heteroatoms. The first-order chi connectivity index (χ1) is 9.79. The van der Waals surface area contributed by atoms with E-state index in [1.54, 1.807) is 0 Å². The molecule has 0 bridgehead atoms. The van der Waals surface area contributed by atoms with Crippen LogP contribution in [0.4, 0.5) is 5.69 Å². The lowest BCUT2D eigenvalue weighted by Crippen LogP contribution is -2.26. The molecule has 1 aliphatic rings. The molecule has 0 aliphatic heterocycles. The molecule has 2 nitrogen and oxygen atoms in total. The van der Waals surface area contributed by atoms with Crippen molar-refractivity contribution in [2.45, 2.75) is 32.0 Å². The standard InChI is InChI=1S/C16H19ClN2S/c1-18-10-12-4-2-6-15(17)16(12)19(13-7-8-13)11-14-5-3-9-20-14/h2-6,9,13,18H,7-8,10-11H2,1H3. The van der Waals surface area contributed by atoms with Gasteiger partial charge >= 0.3 is 0 Å². The van der Waals surface area contributed by atoms with Crippen LogP contribution in [0.25, 0.3) is 0 Å². The molecule has 1 aromatic heterocycles. The predicted octanol–water partition coefficient (Wildman–Crippen LogP) is 4.29. The van der Waals surface area contributed by atoms with Crippen LogP contribution in [-0.4, -0.2) is 13.1 Å². The van der Waals surface area contributed by atoms with Gasteiger partial charge in [0.25, 0.3) is 0 Å². The summed E-state index contributed by atoms with van der Waals surface area (Å²) in [6.07, 6.45) is 2.55. The summed E-state index contributed by atoms with van der Waals surface area (Å²) in [4.78, 5) is 3.88. The zero-order valence-corrected chi connectivity index (χ0v) is 13.2. The molecule has 20 heavy (non-hydrogen) atoms. The van der Waals surface area contributed by atoms with Gasteiger partial charge in [0.2, 0.25) is 0 Å². The van der Waals surface area contributed by atoms with E-state index in [9.17, 15) is 0 Å². The van der Waals surface area contributed by atoms with Gasteiger partial charge in [-0.1, -0.05) is 29.8 Å². The van der Waals surface area contributed by atoms with Crippen molar-refractivity contribution in [2.75, 3.05) is 11.9 Å². The third kappa shape index (κ3) is 3.00. The summed E-state index contributed by atoms with van der Waals surface area (Å²) < 4.78 is 0. The minimum absolute atomic E-state index is 0.646. The van der Waals surface area contributed by atoms with Crippen LogP contribution in [-0.2, 0) is 13.1 Å². The number of nitrogens with one attached hydrogen (secondary N) is 1. The summed E-state index contributed by atoms with van der Waals surface area (Å²) in [5, 5.41) is 6.24. The third-order valence-electron chi connectivity index (χ3n) is 3.62. The fraction of sp³-hybridized carbons (Fsp3) is 0.375. The highest BCUT2D eigenvalue weighted by atomic mass is 35.5. The Morgan fingerprint density at radius 2 is 2.15 bits per heavy atom. The molecular weight excluding hydrogens is 288 g/mol. The van der Waals surface area contributed by atoms with Gasteiger partial charge in [0, 0.05) is 17.5 Å². The van der Waals surface area contributed by atoms with Crippen molar-refractivity contribution in [2.24, 2.45) is 0 Å². The average molecular weight is 307 g/mol. The van der Waals surface area contributed by atoms with Gasteiger partial charge in [-0.3, -0.25) is 0 Å². The van der Waals surface area contributed by atoms with Crippen LogP contribution in [0.2, 0.25) is 5.02 Å². The molecule has 0 saturated heterocycles. The minimum atomic E-state index is 0.646. The van der Waals surface area contributed by atoms with E-state index in [1.807, 2.05) is 30.5 Å². The normalized spacial score (nSPS) is 14.5. The molecule has 1 heterocycles. The largest absolute Gasteiger partial charge is 0.362 e. The zero-order valence-electron chi connectivity index (χ0n) is 11.6. The lowest BCUT2D eigenvalue weighted by molar-refractivity contribution is 0.770. The SMILES string of the molecule is CNCc1cccc(Cl)c1N(Cc1cccs1)C1CC1. The molecule has 1 saturated carbocycles. The van der Waals surface area contributed by atoms with Crippen LogP contribution in [0, 0.1) is 0 Å². The Labute approximate surface area is 129 Å². The molecule has 1 aromatic carbocycles. The second-order valence-corrected chi connectivity index (χ2v) is 6.66. The molecule has 106 valence electrons. The van der Waals surface area contributed by atoms with E-state index in [-0.39, 0.29) is 0 Å². The molecule has 1 fully saturated rings. The third-order valence-corrected chi connectivity index (χ3v) is 4.78. The molecule has 0 spiro atoms. The van der Waals surface area contributed by atoms with Crippen molar-refractivity contribution in [3.63, 3.8) is 0 Å². The fourth-order valence-corrected chi connectivity index (χ4v) is 3.57. The number of hydrogen-bond acceptors (Lipinski definition) is 3. The van der Waals surface area contributed by atoms with Gasteiger partial charge in [-0.15, -0.1) is 11.3 Å². The maximum absolute atomic E-state index is 6.51. The van der Waals surface area contributed by atoms with E-state index >= 15 is 0 Å². The molecule has 0 radical (unpaired) electrons. The maximum Gasteiger partial charge on any atom is 0.0643 e. The molecule has 2 aromatic rings. The Morgan fingerprint density at radius 1 is 1.30 bits per heavy atom.